The second-order valence-electron chi connectivity index (χ2n) is 4.94. The molecule has 0 saturated heterocycles. The second kappa shape index (κ2) is 8.85. The van der Waals surface area contributed by atoms with Crippen LogP contribution in [0.2, 0.25) is 0 Å². The van der Waals surface area contributed by atoms with E-state index in [0.29, 0.717) is 17.6 Å². The predicted molar refractivity (Wildman–Crippen MR) is 86.0 cm³/mol. The summed E-state index contributed by atoms with van der Waals surface area (Å²) in [5.41, 5.74) is 1.12. The highest BCUT2D eigenvalue weighted by Crippen LogP contribution is 2.14. The highest BCUT2D eigenvalue weighted by Gasteiger charge is 2.09. The van der Waals surface area contributed by atoms with Crippen LogP contribution in [-0.4, -0.2) is 11.6 Å². The average Bonchev–Trinajstić information content (AvgIpc) is 2.43. The van der Waals surface area contributed by atoms with Gasteiger partial charge in [-0.25, -0.2) is 0 Å². The minimum Gasteiger partial charge on any atom is -0.295 e. The summed E-state index contributed by atoms with van der Waals surface area (Å²) >= 11 is 3.33. The maximum Gasteiger partial charge on any atom is 0.188 e. The fourth-order valence-electron chi connectivity index (χ4n) is 1.93. The number of halogens is 1. The zero-order valence-electron chi connectivity index (χ0n) is 12.1. The Morgan fingerprint density at radius 3 is 2.35 bits per heavy atom. The molecule has 0 aromatic heterocycles. The first kappa shape index (κ1) is 16.8. The van der Waals surface area contributed by atoms with Crippen LogP contribution in [0.4, 0.5) is 0 Å². The van der Waals surface area contributed by atoms with Gasteiger partial charge < -0.3 is 0 Å². The lowest BCUT2D eigenvalue weighted by atomic mass is 10.0. The quantitative estimate of drug-likeness (QED) is 0.375. The van der Waals surface area contributed by atoms with Crippen molar-refractivity contribution in [3.8, 4) is 0 Å². The van der Waals surface area contributed by atoms with E-state index < -0.39 is 0 Å². The molecule has 0 amide bonds. The van der Waals surface area contributed by atoms with E-state index in [2.05, 4.69) is 22.9 Å². The minimum atomic E-state index is -0.0839. The van der Waals surface area contributed by atoms with E-state index in [1.165, 1.54) is 6.08 Å². The monoisotopic (exact) mass is 336 g/mol. The zero-order valence-corrected chi connectivity index (χ0v) is 13.7. The molecule has 0 aliphatic rings. The zero-order chi connectivity index (χ0) is 15.0. The molecule has 0 fully saturated rings. The summed E-state index contributed by atoms with van der Waals surface area (Å²) in [4.78, 5) is 23.9. The Hall–Kier alpha value is -1.22. The van der Waals surface area contributed by atoms with Crippen LogP contribution in [0.3, 0.4) is 0 Å². The van der Waals surface area contributed by atoms with E-state index in [0.717, 1.165) is 30.2 Å². The van der Waals surface area contributed by atoms with Crippen LogP contribution in [0, 0.1) is 0 Å². The Kier molecular flexibility index (Phi) is 7.45. The highest BCUT2D eigenvalue weighted by atomic mass is 79.9. The molecular weight excluding hydrogens is 316 g/mol. The normalized spacial score (nSPS) is 11.4. The first-order chi connectivity index (χ1) is 9.54. The van der Waals surface area contributed by atoms with Gasteiger partial charge in [-0.15, -0.1) is 0 Å². The number of hydrogen-bond acceptors (Lipinski definition) is 2. The largest absolute Gasteiger partial charge is 0.295 e. The fourth-order valence-corrected chi connectivity index (χ4v) is 2.20. The van der Waals surface area contributed by atoms with Crippen molar-refractivity contribution in [2.24, 2.45) is 0 Å². The number of rotatable bonds is 8. The van der Waals surface area contributed by atoms with Crippen LogP contribution in [-0.2, 0) is 4.79 Å². The van der Waals surface area contributed by atoms with Crippen molar-refractivity contribution in [2.45, 2.75) is 46.0 Å². The summed E-state index contributed by atoms with van der Waals surface area (Å²) < 4.78 is 0.933. The molecule has 0 aliphatic carbocycles. The van der Waals surface area contributed by atoms with Gasteiger partial charge in [0.15, 0.2) is 11.6 Å². The summed E-state index contributed by atoms with van der Waals surface area (Å²) in [6.45, 7) is 3.84. The molecule has 0 atom stereocenters. The van der Waals surface area contributed by atoms with Gasteiger partial charge in [-0.3, -0.25) is 9.59 Å². The smallest absolute Gasteiger partial charge is 0.188 e. The third-order valence-electron chi connectivity index (χ3n) is 3.12. The Morgan fingerprint density at radius 1 is 1.10 bits per heavy atom. The molecule has 0 unspecified atom stereocenters. The van der Waals surface area contributed by atoms with Crippen LogP contribution in [0.25, 0.3) is 0 Å². The molecule has 2 nitrogen and oxygen atoms in total. The van der Waals surface area contributed by atoms with Crippen molar-refractivity contribution in [3.05, 3.63) is 46.0 Å². The van der Waals surface area contributed by atoms with Gasteiger partial charge in [-0.05, 0) is 43.7 Å². The first-order valence-electron chi connectivity index (χ1n) is 7.06. The Balaban J connectivity index is 2.57. The second-order valence-corrected chi connectivity index (χ2v) is 5.86. The number of hydrogen-bond donors (Lipinski definition) is 0. The molecule has 0 spiro atoms. The van der Waals surface area contributed by atoms with Gasteiger partial charge in [0.25, 0.3) is 0 Å². The van der Waals surface area contributed by atoms with Gasteiger partial charge in [-0.1, -0.05) is 42.1 Å². The third-order valence-corrected chi connectivity index (χ3v) is 3.65. The Labute approximate surface area is 129 Å². The summed E-state index contributed by atoms with van der Waals surface area (Å²) in [5.74, 6) is -0.0385. The van der Waals surface area contributed by atoms with E-state index >= 15 is 0 Å². The first-order valence-corrected chi connectivity index (χ1v) is 7.85. The number of benzene rings is 1. The highest BCUT2D eigenvalue weighted by molar-refractivity contribution is 9.10. The van der Waals surface area contributed by atoms with Crippen LogP contribution in [0.15, 0.2) is 40.4 Å². The van der Waals surface area contributed by atoms with Gasteiger partial charge in [-0.2, -0.15) is 0 Å². The van der Waals surface area contributed by atoms with Crippen molar-refractivity contribution < 1.29 is 9.59 Å². The molecule has 0 saturated carbocycles. The molecule has 108 valence electrons. The summed E-state index contributed by atoms with van der Waals surface area (Å²) in [6.07, 6.45) is 6.32. The fraction of sp³-hybridized carbons (Fsp3) is 0.412. The van der Waals surface area contributed by atoms with Gasteiger partial charge in [0.1, 0.15) is 0 Å². The molecule has 20 heavy (non-hydrogen) atoms. The van der Waals surface area contributed by atoms with Crippen molar-refractivity contribution in [3.63, 3.8) is 0 Å². The molecule has 0 N–H and O–H groups in total. The number of carbonyl (C=O) groups excluding carboxylic acids is 2. The summed E-state index contributed by atoms with van der Waals surface area (Å²) in [5, 5.41) is 0. The van der Waals surface area contributed by atoms with Crippen LogP contribution >= 0.6 is 15.9 Å². The van der Waals surface area contributed by atoms with Gasteiger partial charge in [0.2, 0.25) is 0 Å². The Morgan fingerprint density at radius 2 is 1.75 bits per heavy atom. The van der Waals surface area contributed by atoms with E-state index in [-0.39, 0.29) is 11.6 Å². The Bertz CT molecular complexity index is 486. The number of Topliss-reactive ketones (excluding diaryl/α,β-unsaturated/α-hetero) is 1. The van der Waals surface area contributed by atoms with E-state index in [9.17, 15) is 9.59 Å². The molecule has 1 aromatic carbocycles. The van der Waals surface area contributed by atoms with E-state index in [1.807, 2.05) is 12.1 Å². The molecule has 0 heterocycles. The molecular formula is C17H21BrO2. The predicted octanol–water partition coefficient (Wildman–Crippen LogP) is 5.12. The van der Waals surface area contributed by atoms with Gasteiger partial charge >= 0.3 is 0 Å². The van der Waals surface area contributed by atoms with Crippen molar-refractivity contribution >= 4 is 27.5 Å². The maximum absolute atomic E-state index is 12.1. The molecule has 0 aliphatic heterocycles. The van der Waals surface area contributed by atoms with Crippen molar-refractivity contribution in [1.29, 1.82) is 0 Å². The molecule has 3 heteroatoms. The number of carbonyl (C=O) groups is 2. The molecule has 0 bridgehead atoms. The molecule has 1 aromatic rings. The lowest BCUT2D eigenvalue weighted by Gasteiger charge is -2.02. The van der Waals surface area contributed by atoms with Crippen molar-refractivity contribution in [1.82, 2.24) is 0 Å². The molecule has 0 radical (unpaired) electrons. The number of unbranched alkanes of at least 4 members (excludes halogenated alkanes) is 3. The lowest BCUT2D eigenvalue weighted by molar-refractivity contribution is -0.114. The van der Waals surface area contributed by atoms with E-state index in [1.54, 1.807) is 19.1 Å². The van der Waals surface area contributed by atoms with Crippen LogP contribution < -0.4 is 0 Å². The number of ketones is 2. The minimum absolute atomic E-state index is 0.0454. The number of allylic oxidation sites excluding steroid dienone is 2. The van der Waals surface area contributed by atoms with Crippen molar-refractivity contribution in [2.75, 3.05) is 0 Å². The van der Waals surface area contributed by atoms with Crippen LogP contribution in [0.5, 0.6) is 0 Å². The summed E-state index contributed by atoms with van der Waals surface area (Å²) in [6, 6.07) is 7.17. The maximum atomic E-state index is 12.1. The lowest BCUT2D eigenvalue weighted by Crippen LogP contribution is -2.03. The average molecular weight is 337 g/mol. The third kappa shape index (κ3) is 5.83. The molecule has 1 rings (SSSR count). The van der Waals surface area contributed by atoms with Gasteiger partial charge in [0, 0.05) is 22.0 Å². The SMILES string of the molecule is CCCCCCC(=O)/C=C(/C)C(=O)c1ccc(Br)cc1. The van der Waals surface area contributed by atoms with Gasteiger partial charge in [0.05, 0.1) is 0 Å². The van der Waals surface area contributed by atoms with Crippen LogP contribution in [0.1, 0.15) is 56.3 Å². The topological polar surface area (TPSA) is 34.1 Å². The van der Waals surface area contributed by atoms with E-state index in [4.69, 9.17) is 0 Å². The standard InChI is InChI=1S/C17H21BrO2/c1-3-4-5-6-7-16(19)12-13(2)17(20)14-8-10-15(18)11-9-14/h8-12H,3-7H2,1-2H3/b13-12-. The summed E-state index contributed by atoms with van der Waals surface area (Å²) in [7, 11) is 0.